The van der Waals surface area contributed by atoms with Crippen molar-refractivity contribution in [1.82, 2.24) is 10.2 Å². The fourth-order valence-corrected chi connectivity index (χ4v) is 6.64. The van der Waals surface area contributed by atoms with Crippen molar-refractivity contribution in [3.63, 3.8) is 0 Å². The molecule has 1 atom stereocenters. The minimum Gasteiger partial charge on any atom is -0.495 e. The minimum atomic E-state index is -4.18. The van der Waals surface area contributed by atoms with Crippen LogP contribution in [-0.4, -0.2) is 50.9 Å². The van der Waals surface area contributed by atoms with Gasteiger partial charge in [0.1, 0.15) is 18.3 Å². The molecule has 1 N–H and O–H groups in total. The normalized spacial score (nSPS) is 14.3. The van der Waals surface area contributed by atoms with Gasteiger partial charge < -0.3 is 15.0 Å². The van der Waals surface area contributed by atoms with E-state index in [1.807, 2.05) is 31.2 Å². The molecule has 2 amide bonds. The summed E-state index contributed by atoms with van der Waals surface area (Å²) >= 11 is 3.43. The van der Waals surface area contributed by atoms with Gasteiger partial charge in [-0.25, -0.2) is 8.42 Å². The molecule has 1 aliphatic rings. The van der Waals surface area contributed by atoms with Gasteiger partial charge in [-0.1, -0.05) is 70.7 Å². The molecule has 218 valence electrons. The van der Waals surface area contributed by atoms with Gasteiger partial charge in [0, 0.05) is 17.1 Å². The zero-order valence-corrected chi connectivity index (χ0v) is 25.9. The van der Waals surface area contributed by atoms with Gasteiger partial charge in [-0.3, -0.25) is 13.9 Å². The third kappa shape index (κ3) is 7.48. The van der Waals surface area contributed by atoms with Gasteiger partial charge in [-0.2, -0.15) is 0 Å². The molecule has 0 spiro atoms. The van der Waals surface area contributed by atoms with E-state index in [9.17, 15) is 18.0 Å². The van der Waals surface area contributed by atoms with Crippen LogP contribution in [0.5, 0.6) is 5.75 Å². The highest BCUT2D eigenvalue weighted by Gasteiger charge is 2.34. The molecular weight excluding hydrogens is 606 g/mol. The smallest absolute Gasteiger partial charge is 0.264 e. The molecule has 41 heavy (non-hydrogen) atoms. The number of hydrogen-bond acceptors (Lipinski definition) is 5. The number of hydrogen-bond donors (Lipinski definition) is 1. The van der Waals surface area contributed by atoms with Gasteiger partial charge in [-0.15, -0.1) is 0 Å². The molecule has 4 rings (SSSR count). The predicted molar refractivity (Wildman–Crippen MR) is 163 cm³/mol. The van der Waals surface area contributed by atoms with Crippen LogP contribution in [0.4, 0.5) is 5.69 Å². The first kappa shape index (κ1) is 30.6. The highest BCUT2D eigenvalue weighted by atomic mass is 79.9. The lowest BCUT2D eigenvalue weighted by molar-refractivity contribution is -0.139. The third-order valence-corrected chi connectivity index (χ3v) is 9.68. The third-order valence-electron chi connectivity index (χ3n) is 7.38. The maximum Gasteiger partial charge on any atom is 0.264 e. The largest absolute Gasteiger partial charge is 0.495 e. The number of amides is 2. The Morgan fingerprint density at radius 3 is 2.27 bits per heavy atom. The highest BCUT2D eigenvalue weighted by Crippen LogP contribution is 2.32. The fourth-order valence-electron chi connectivity index (χ4n) is 4.95. The van der Waals surface area contributed by atoms with E-state index >= 15 is 0 Å². The number of carbonyl (C=O) groups excluding carboxylic acids is 2. The molecule has 0 saturated heterocycles. The van der Waals surface area contributed by atoms with Crippen LogP contribution in [-0.2, 0) is 26.2 Å². The number of carbonyl (C=O) groups is 2. The topological polar surface area (TPSA) is 96.0 Å². The molecule has 1 fully saturated rings. The average Bonchev–Trinajstić information content (AvgIpc) is 3.48. The number of nitrogens with zero attached hydrogens (tertiary/aromatic N) is 2. The molecule has 10 heteroatoms. The zero-order chi connectivity index (χ0) is 29.6. The number of methoxy groups -OCH3 is 1. The van der Waals surface area contributed by atoms with Crippen molar-refractivity contribution in [3.05, 3.63) is 88.4 Å². The van der Waals surface area contributed by atoms with Crippen molar-refractivity contribution in [2.45, 2.75) is 63.1 Å². The molecule has 3 aromatic rings. The van der Waals surface area contributed by atoms with E-state index in [1.165, 1.54) is 24.1 Å². The summed E-state index contributed by atoms with van der Waals surface area (Å²) in [6.07, 6.45) is 3.95. The number of halogens is 1. The quantitative estimate of drug-likeness (QED) is 0.301. The van der Waals surface area contributed by atoms with E-state index in [4.69, 9.17) is 4.74 Å². The van der Waals surface area contributed by atoms with Gasteiger partial charge in [-0.05, 0) is 68.7 Å². The van der Waals surface area contributed by atoms with Crippen LogP contribution in [0.3, 0.4) is 0 Å². The van der Waals surface area contributed by atoms with Crippen molar-refractivity contribution in [2.24, 2.45) is 0 Å². The molecule has 0 aliphatic heterocycles. The summed E-state index contributed by atoms with van der Waals surface area (Å²) in [5.74, 6) is -0.460. The van der Waals surface area contributed by atoms with Gasteiger partial charge >= 0.3 is 0 Å². The maximum atomic E-state index is 14.1. The monoisotopic (exact) mass is 641 g/mol. The van der Waals surface area contributed by atoms with E-state index in [1.54, 1.807) is 43.3 Å². The Bertz CT molecular complexity index is 1460. The SMILES string of the molecule is COc1ccccc1N(CC(=O)N(Cc1ccc(Br)cc1)[C@@H](C)C(=O)NC1CCCC1)S(=O)(=O)c1ccc(C)cc1. The van der Waals surface area contributed by atoms with E-state index in [0.29, 0.717) is 5.75 Å². The molecule has 8 nitrogen and oxygen atoms in total. The Balaban J connectivity index is 1.71. The zero-order valence-electron chi connectivity index (χ0n) is 23.5. The average molecular weight is 643 g/mol. The second kappa shape index (κ2) is 13.5. The van der Waals surface area contributed by atoms with Crippen molar-refractivity contribution in [2.75, 3.05) is 18.0 Å². The highest BCUT2D eigenvalue weighted by molar-refractivity contribution is 9.10. The summed E-state index contributed by atoms with van der Waals surface area (Å²) in [5.41, 5.74) is 1.95. The second-order valence-corrected chi connectivity index (χ2v) is 13.1. The van der Waals surface area contributed by atoms with E-state index in [2.05, 4.69) is 21.2 Å². The Morgan fingerprint density at radius 2 is 1.63 bits per heavy atom. The first-order valence-electron chi connectivity index (χ1n) is 13.7. The van der Waals surface area contributed by atoms with Crippen LogP contribution >= 0.6 is 15.9 Å². The van der Waals surface area contributed by atoms with Crippen molar-refractivity contribution in [1.29, 1.82) is 0 Å². The maximum absolute atomic E-state index is 14.1. The summed E-state index contributed by atoms with van der Waals surface area (Å²) in [6.45, 7) is 3.17. The van der Waals surface area contributed by atoms with Crippen LogP contribution in [0.1, 0.15) is 43.7 Å². The molecule has 0 radical (unpaired) electrons. The van der Waals surface area contributed by atoms with E-state index < -0.39 is 28.5 Å². The number of benzene rings is 3. The van der Waals surface area contributed by atoms with Crippen molar-refractivity contribution >= 4 is 43.5 Å². The molecule has 0 bridgehead atoms. The number of para-hydroxylation sites is 2. The Kier molecular flexibility index (Phi) is 10.1. The van der Waals surface area contributed by atoms with Crippen molar-refractivity contribution < 1.29 is 22.7 Å². The molecule has 1 aliphatic carbocycles. The predicted octanol–water partition coefficient (Wildman–Crippen LogP) is 5.44. The summed E-state index contributed by atoms with van der Waals surface area (Å²) in [5, 5.41) is 3.08. The Hall–Kier alpha value is -3.37. The van der Waals surface area contributed by atoms with Gasteiger partial charge in [0.05, 0.1) is 17.7 Å². The van der Waals surface area contributed by atoms with Gasteiger partial charge in [0.25, 0.3) is 10.0 Å². The van der Waals surface area contributed by atoms with Crippen LogP contribution in [0.25, 0.3) is 0 Å². The molecule has 0 heterocycles. The molecule has 0 aromatic heterocycles. The number of anilines is 1. The standard InChI is InChI=1S/C31H36BrN3O5S/c1-22-12-18-27(19-13-22)41(38,39)35(28-10-6-7-11-29(28)40-3)21-30(36)34(20-24-14-16-25(32)17-15-24)23(2)31(37)33-26-8-4-5-9-26/h6-7,10-19,23,26H,4-5,8-9,20-21H2,1-3H3,(H,33,37)/t23-/m0/s1. The number of rotatable bonds is 11. The molecule has 0 unspecified atom stereocenters. The lowest BCUT2D eigenvalue weighted by Gasteiger charge is -2.32. The summed E-state index contributed by atoms with van der Waals surface area (Å²) in [7, 11) is -2.73. The molecule has 3 aromatic carbocycles. The number of ether oxygens (including phenoxy) is 1. The first-order valence-corrected chi connectivity index (χ1v) is 15.9. The van der Waals surface area contributed by atoms with Crippen LogP contribution in [0.2, 0.25) is 0 Å². The number of sulfonamides is 1. The lowest BCUT2D eigenvalue weighted by Crippen LogP contribution is -2.52. The molecule has 1 saturated carbocycles. The summed E-state index contributed by atoms with van der Waals surface area (Å²) in [4.78, 5) is 28.9. The minimum absolute atomic E-state index is 0.0493. The Labute approximate surface area is 250 Å². The van der Waals surface area contributed by atoms with Gasteiger partial charge in [0.15, 0.2) is 0 Å². The van der Waals surface area contributed by atoms with Crippen LogP contribution < -0.4 is 14.4 Å². The van der Waals surface area contributed by atoms with E-state index in [-0.39, 0.29) is 29.1 Å². The van der Waals surface area contributed by atoms with E-state index in [0.717, 1.165) is 45.6 Å². The summed E-state index contributed by atoms with van der Waals surface area (Å²) in [6, 6.07) is 19.9. The fraction of sp³-hybridized carbons (Fsp3) is 0.355. The Morgan fingerprint density at radius 1 is 1.00 bits per heavy atom. The second-order valence-electron chi connectivity index (χ2n) is 10.3. The molecular formula is C31H36BrN3O5S. The lowest BCUT2D eigenvalue weighted by atomic mass is 10.1. The van der Waals surface area contributed by atoms with Crippen molar-refractivity contribution in [3.8, 4) is 5.75 Å². The van der Waals surface area contributed by atoms with Gasteiger partial charge in [0.2, 0.25) is 11.8 Å². The summed E-state index contributed by atoms with van der Waals surface area (Å²) < 4.78 is 35.5. The van der Waals surface area contributed by atoms with Crippen LogP contribution in [0, 0.1) is 6.92 Å². The number of nitrogens with one attached hydrogen (secondary N) is 1. The number of aryl methyl sites for hydroxylation is 1. The van der Waals surface area contributed by atoms with Crippen LogP contribution in [0.15, 0.2) is 82.2 Å². The first-order chi connectivity index (χ1) is 19.6.